The van der Waals surface area contributed by atoms with E-state index >= 15 is 8.78 Å². The second kappa shape index (κ2) is 8.65. The van der Waals surface area contributed by atoms with Gasteiger partial charge >= 0.3 is 18.0 Å². The SMILES string of the molecule is CS(C)(O)N[C@@H]1Cn2c(cn(C3NOc4cc(OC(F)(F)F)cc(-c5c(F)cccc5F)c43)c2=O)C1(F)F. The third kappa shape index (κ3) is 4.50. The zero-order valence-corrected chi connectivity index (χ0v) is 20.3. The molecule has 2 aliphatic heterocycles. The average molecular weight is 568 g/mol. The van der Waals surface area contributed by atoms with Crippen LogP contribution in [0.5, 0.6) is 11.5 Å². The van der Waals surface area contributed by atoms with Crippen LogP contribution in [0.25, 0.3) is 11.1 Å². The minimum atomic E-state index is -5.15. The van der Waals surface area contributed by atoms with Crippen LogP contribution in [0.2, 0.25) is 0 Å². The minimum Gasteiger partial charge on any atom is -0.406 e. The third-order valence-electron chi connectivity index (χ3n) is 5.99. The lowest BCUT2D eigenvalue weighted by molar-refractivity contribution is -0.274. The molecule has 0 fully saturated rings. The molecule has 206 valence electrons. The zero-order chi connectivity index (χ0) is 27.8. The van der Waals surface area contributed by atoms with Gasteiger partial charge in [0.15, 0.2) is 11.9 Å². The lowest BCUT2D eigenvalue weighted by atomic mass is 9.96. The predicted octanol–water partition coefficient (Wildman–Crippen LogP) is 4.45. The standard InChI is InChI=1S/C22H19F7N4O4S/c1-38(2,35)31-15-8-32-16(21(15,25)26)9-33(20(32)34)19-18-11(17-12(23)4-3-5-13(17)24)6-10(36-22(27,28)29)7-14(18)37-30-19/h3-7,9,15,19,30-31,35H,8H2,1-2H3/t15-,19?/m1/s1. The van der Waals surface area contributed by atoms with Crippen LogP contribution >= 0.6 is 10.5 Å². The van der Waals surface area contributed by atoms with Gasteiger partial charge in [0.2, 0.25) is 0 Å². The summed E-state index contributed by atoms with van der Waals surface area (Å²) in [5, 5.41) is 0. The molecule has 0 spiro atoms. The van der Waals surface area contributed by atoms with Crippen molar-refractivity contribution in [1.29, 1.82) is 0 Å². The average Bonchev–Trinajstić information content (AvgIpc) is 3.39. The number of nitrogens with one attached hydrogen (secondary N) is 2. The normalized spacial score (nSPS) is 20.7. The number of alkyl halides is 5. The molecule has 5 rings (SSSR count). The Bertz CT molecular complexity index is 1460. The van der Waals surface area contributed by atoms with E-state index in [0.29, 0.717) is 6.07 Å². The summed E-state index contributed by atoms with van der Waals surface area (Å²) in [7, 11) is -2.56. The van der Waals surface area contributed by atoms with Gasteiger partial charge in [-0.3, -0.25) is 13.9 Å². The molecular weight excluding hydrogens is 549 g/mol. The van der Waals surface area contributed by atoms with E-state index in [4.69, 9.17) is 4.84 Å². The molecule has 0 amide bonds. The second-order valence-electron chi connectivity index (χ2n) is 9.03. The van der Waals surface area contributed by atoms with E-state index in [1.165, 1.54) is 12.5 Å². The van der Waals surface area contributed by atoms with Crippen molar-refractivity contribution >= 4 is 10.5 Å². The van der Waals surface area contributed by atoms with Gasteiger partial charge in [0, 0.05) is 23.4 Å². The van der Waals surface area contributed by atoms with Gasteiger partial charge in [-0.25, -0.2) is 13.6 Å². The second-order valence-corrected chi connectivity index (χ2v) is 11.8. The molecule has 2 atom stereocenters. The molecule has 8 nitrogen and oxygen atoms in total. The number of aromatic nitrogens is 2. The summed E-state index contributed by atoms with van der Waals surface area (Å²) < 4.78 is 116. The Hall–Kier alpha value is -3.21. The third-order valence-corrected chi connectivity index (χ3v) is 6.85. The molecule has 38 heavy (non-hydrogen) atoms. The smallest absolute Gasteiger partial charge is 0.406 e. The largest absolute Gasteiger partial charge is 0.573 e. The Morgan fingerprint density at radius 3 is 2.45 bits per heavy atom. The summed E-state index contributed by atoms with van der Waals surface area (Å²) in [4.78, 5) is 18.4. The summed E-state index contributed by atoms with van der Waals surface area (Å²) in [6.45, 7) is -0.501. The van der Waals surface area contributed by atoms with Crippen molar-refractivity contribution in [2.24, 2.45) is 0 Å². The van der Waals surface area contributed by atoms with Gasteiger partial charge in [-0.2, -0.15) is 8.78 Å². The highest BCUT2D eigenvalue weighted by Crippen LogP contribution is 2.46. The number of ether oxygens (including phenoxy) is 1. The number of rotatable bonds is 5. The van der Waals surface area contributed by atoms with Crippen molar-refractivity contribution in [3.8, 4) is 22.6 Å². The summed E-state index contributed by atoms with van der Waals surface area (Å²) in [6.07, 6.45) is -3.10. The van der Waals surface area contributed by atoms with E-state index in [1.54, 1.807) is 0 Å². The first-order chi connectivity index (χ1) is 17.6. The number of benzene rings is 2. The molecule has 1 aromatic heterocycles. The van der Waals surface area contributed by atoms with E-state index < -0.39 is 81.4 Å². The van der Waals surface area contributed by atoms with Crippen LogP contribution in [-0.2, 0) is 12.5 Å². The van der Waals surface area contributed by atoms with Crippen LogP contribution in [0.15, 0.2) is 41.3 Å². The van der Waals surface area contributed by atoms with Crippen LogP contribution < -0.4 is 25.5 Å². The van der Waals surface area contributed by atoms with Crippen molar-refractivity contribution in [1.82, 2.24) is 19.3 Å². The fraction of sp³-hybridized carbons (Fsp3) is 0.318. The van der Waals surface area contributed by atoms with Gasteiger partial charge in [0.1, 0.15) is 29.1 Å². The number of imidazole rings is 1. The van der Waals surface area contributed by atoms with Gasteiger partial charge in [-0.05, 0) is 30.7 Å². The molecule has 3 N–H and O–H groups in total. The molecule has 0 saturated carbocycles. The first-order valence-electron chi connectivity index (χ1n) is 10.8. The van der Waals surface area contributed by atoms with Crippen molar-refractivity contribution in [3.63, 3.8) is 0 Å². The molecule has 2 aromatic carbocycles. The van der Waals surface area contributed by atoms with Gasteiger partial charge in [-0.15, -0.1) is 18.7 Å². The minimum absolute atomic E-state index is 0.186. The fourth-order valence-corrected chi connectivity index (χ4v) is 5.48. The highest BCUT2D eigenvalue weighted by molar-refractivity contribution is 8.26. The van der Waals surface area contributed by atoms with E-state index in [0.717, 1.165) is 39.6 Å². The Labute approximate surface area is 211 Å². The molecule has 0 bridgehead atoms. The maximum Gasteiger partial charge on any atom is 0.573 e. The number of fused-ring (bicyclic) bond motifs is 2. The van der Waals surface area contributed by atoms with E-state index in [2.05, 4.69) is 14.9 Å². The quantitative estimate of drug-likeness (QED) is 0.394. The maximum atomic E-state index is 15.2. The molecule has 2 aliphatic rings. The molecule has 0 saturated heterocycles. The maximum absolute atomic E-state index is 15.2. The number of nitrogens with zero attached hydrogens (tertiary/aromatic N) is 2. The van der Waals surface area contributed by atoms with Crippen LogP contribution in [-0.4, -0.2) is 38.6 Å². The van der Waals surface area contributed by atoms with E-state index in [1.807, 2.05) is 0 Å². The van der Waals surface area contributed by atoms with Crippen molar-refractivity contribution in [2.45, 2.75) is 31.0 Å². The molecule has 1 unspecified atom stereocenters. The Balaban J connectivity index is 1.64. The monoisotopic (exact) mass is 568 g/mol. The number of halogens is 7. The summed E-state index contributed by atoms with van der Waals surface area (Å²) in [5.41, 5.74) is -0.685. The number of hydroxylamine groups is 1. The zero-order valence-electron chi connectivity index (χ0n) is 19.4. The number of hydrogen-bond donors (Lipinski definition) is 3. The summed E-state index contributed by atoms with van der Waals surface area (Å²) in [5.74, 6) is -7.10. The highest BCUT2D eigenvalue weighted by atomic mass is 32.3. The van der Waals surface area contributed by atoms with Crippen molar-refractivity contribution in [2.75, 3.05) is 12.5 Å². The van der Waals surface area contributed by atoms with Crippen LogP contribution in [0, 0.1) is 11.6 Å². The molecule has 0 aliphatic carbocycles. The molecular formula is C22H19F7N4O4S. The summed E-state index contributed by atoms with van der Waals surface area (Å²) >= 11 is 0. The highest BCUT2D eigenvalue weighted by Gasteiger charge is 2.52. The van der Waals surface area contributed by atoms with Gasteiger partial charge < -0.3 is 14.1 Å². The van der Waals surface area contributed by atoms with Gasteiger partial charge in [-0.1, -0.05) is 16.6 Å². The van der Waals surface area contributed by atoms with Crippen LogP contribution in [0.3, 0.4) is 0 Å². The fourth-order valence-electron chi connectivity index (χ4n) is 4.56. The Kier molecular flexibility index (Phi) is 6.01. The molecule has 3 heterocycles. The lowest BCUT2D eigenvalue weighted by Crippen LogP contribution is -2.42. The lowest BCUT2D eigenvalue weighted by Gasteiger charge is -2.31. The molecule has 0 radical (unpaired) electrons. The first kappa shape index (κ1) is 26.4. The van der Waals surface area contributed by atoms with Crippen molar-refractivity contribution < 1.29 is 44.9 Å². The first-order valence-corrected chi connectivity index (χ1v) is 13.2. The molecule has 3 aromatic rings. The Morgan fingerprint density at radius 1 is 1.21 bits per heavy atom. The van der Waals surface area contributed by atoms with Crippen LogP contribution in [0.1, 0.15) is 17.4 Å². The van der Waals surface area contributed by atoms with Crippen molar-refractivity contribution in [3.05, 3.63) is 69.9 Å². The molecule has 16 heteroatoms. The number of hydrogen-bond acceptors (Lipinski definition) is 6. The van der Waals surface area contributed by atoms with Gasteiger partial charge in [0.25, 0.3) is 0 Å². The predicted molar refractivity (Wildman–Crippen MR) is 122 cm³/mol. The Morgan fingerprint density at radius 2 is 1.87 bits per heavy atom. The van der Waals surface area contributed by atoms with E-state index in [-0.39, 0.29) is 11.3 Å². The van der Waals surface area contributed by atoms with E-state index in [9.17, 15) is 31.3 Å². The van der Waals surface area contributed by atoms with Crippen LogP contribution in [0.4, 0.5) is 30.7 Å². The topological polar surface area (TPSA) is 89.7 Å². The van der Waals surface area contributed by atoms with Gasteiger partial charge in [0.05, 0.1) is 12.1 Å². The summed E-state index contributed by atoms with van der Waals surface area (Å²) in [6, 6.07) is 2.71.